The lowest BCUT2D eigenvalue weighted by Gasteiger charge is -2.29. The largest absolute Gasteiger partial charge is 0.486 e. The smallest absolute Gasteiger partial charge is 0.184 e. The van der Waals surface area contributed by atoms with Crippen LogP contribution in [0.25, 0.3) is 0 Å². The molecule has 0 saturated heterocycles. The maximum absolute atomic E-state index is 13.3. The molecule has 0 amide bonds. The van der Waals surface area contributed by atoms with E-state index in [1.165, 1.54) is 0 Å². The first-order valence-corrected chi connectivity index (χ1v) is 8.47. The molecule has 0 aromatic heterocycles. The highest BCUT2D eigenvalue weighted by Crippen LogP contribution is 2.33. The fourth-order valence-electron chi connectivity index (χ4n) is 3.11. The number of ketones is 1. The predicted molar refractivity (Wildman–Crippen MR) is 93.9 cm³/mol. The minimum Gasteiger partial charge on any atom is -0.486 e. The van der Waals surface area contributed by atoms with Gasteiger partial charge in [0, 0.05) is 5.56 Å². The fourth-order valence-corrected chi connectivity index (χ4v) is 3.11. The first-order valence-electron chi connectivity index (χ1n) is 8.47. The number of hydrogen-bond acceptors (Lipinski definition) is 4. The van der Waals surface area contributed by atoms with Gasteiger partial charge in [0.15, 0.2) is 17.3 Å². The second kappa shape index (κ2) is 7.49. The summed E-state index contributed by atoms with van der Waals surface area (Å²) in [6, 6.07) is 15.1. The third-order valence-electron chi connectivity index (χ3n) is 4.37. The maximum atomic E-state index is 13.3. The molecule has 126 valence electrons. The van der Waals surface area contributed by atoms with Gasteiger partial charge < -0.3 is 9.47 Å². The molecule has 2 aromatic rings. The van der Waals surface area contributed by atoms with E-state index in [1.807, 2.05) is 42.5 Å². The normalized spacial score (nSPS) is 14.5. The topological polar surface area (TPSA) is 38.8 Å². The Balaban J connectivity index is 1.96. The molecular weight excluding hydrogens is 302 g/mol. The molecule has 24 heavy (non-hydrogen) atoms. The van der Waals surface area contributed by atoms with E-state index in [2.05, 4.69) is 18.7 Å². The first kappa shape index (κ1) is 16.5. The zero-order valence-corrected chi connectivity index (χ0v) is 14.2. The van der Waals surface area contributed by atoms with Crippen molar-refractivity contribution in [2.75, 3.05) is 26.3 Å². The van der Waals surface area contributed by atoms with E-state index in [0.29, 0.717) is 30.3 Å². The van der Waals surface area contributed by atoms with Gasteiger partial charge in [0.1, 0.15) is 13.2 Å². The molecule has 1 unspecified atom stereocenters. The molecule has 4 nitrogen and oxygen atoms in total. The van der Waals surface area contributed by atoms with Crippen molar-refractivity contribution in [1.82, 2.24) is 4.90 Å². The number of nitrogens with zero attached hydrogens (tertiary/aromatic N) is 1. The number of carbonyl (C=O) groups excluding carboxylic acids is 1. The Morgan fingerprint density at radius 1 is 1.00 bits per heavy atom. The average molecular weight is 325 g/mol. The highest BCUT2D eigenvalue weighted by molar-refractivity contribution is 6.01. The molecule has 0 N–H and O–H groups in total. The zero-order chi connectivity index (χ0) is 16.9. The van der Waals surface area contributed by atoms with Crippen LogP contribution in [0.2, 0.25) is 0 Å². The number of likely N-dealkylation sites (N-methyl/N-ethyl adjacent to an activating group) is 1. The molecular formula is C20H23NO3. The van der Waals surface area contributed by atoms with Crippen molar-refractivity contribution in [3.63, 3.8) is 0 Å². The van der Waals surface area contributed by atoms with E-state index in [4.69, 9.17) is 9.47 Å². The SMILES string of the molecule is CCN(CC)C(C(=O)c1ccc2c(c1)OCCO2)c1ccccc1. The van der Waals surface area contributed by atoms with Crippen LogP contribution in [0.15, 0.2) is 48.5 Å². The quantitative estimate of drug-likeness (QED) is 0.759. The molecule has 0 aliphatic carbocycles. The summed E-state index contributed by atoms with van der Waals surface area (Å²) in [5, 5.41) is 0. The summed E-state index contributed by atoms with van der Waals surface area (Å²) < 4.78 is 11.2. The Morgan fingerprint density at radius 3 is 2.33 bits per heavy atom. The summed E-state index contributed by atoms with van der Waals surface area (Å²) in [6.07, 6.45) is 0. The number of Topliss-reactive ketones (excluding diaryl/α,β-unsaturated/α-hetero) is 1. The maximum Gasteiger partial charge on any atom is 0.184 e. The lowest BCUT2D eigenvalue weighted by molar-refractivity contribution is 0.0830. The summed E-state index contributed by atoms with van der Waals surface area (Å²) in [7, 11) is 0. The van der Waals surface area contributed by atoms with E-state index in [-0.39, 0.29) is 11.8 Å². The van der Waals surface area contributed by atoms with Gasteiger partial charge in [-0.2, -0.15) is 0 Å². The molecule has 1 atom stereocenters. The zero-order valence-electron chi connectivity index (χ0n) is 14.2. The van der Waals surface area contributed by atoms with Crippen molar-refractivity contribution in [3.8, 4) is 11.5 Å². The van der Waals surface area contributed by atoms with E-state index in [9.17, 15) is 4.79 Å². The average Bonchev–Trinajstić information content (AvgIpc) is 2.65. The molecule has 2 aromatic carbocycles. The summed E-state index contributed by atoms with van der Waals surface area (Å²) in [5.41, 5.74) is 1.67. The van der Waals surface area contributed by atoms with Gasteiger partial charge in [0.2, 0.25) is 0 Å². The molecule has 0 fully saturated rings. The Morgan fingerprint density at radius 2 is 1.67 bits per heavy atom. The Labute approximate surface area is 143 Å². The van der Waals surface area contributed by atoms with Crippen molar-refractivity contribution < 1.29 is 14.3 Å². The Kier molecular flexibility index (Phi) is 5.16. The molecule has 0 bridgehead atoms. The van der Waals surface area contributed by atoms with Crippen LogP contribution in [0.3, 0.4) is 0 Å². The van der Waals surface area contributed by atoms with Crippen molar-refractivity contribution >= 4 is 5.78 Å². The number of fused-ring (bicyclic) bond motifs is 1. The number of ether oxygens (including phenoxy) is 2. The van der Waals surface area contributed by atoms with Crippen molar-refractivity contribution in [2.24, 2.45) is 0 Å². The number of rotatable bonds is 6. The van der Waals surface area contributed by atoms with Crippen LogP contribution < -0.4 is 9.47 Å². The van der Waals surface area contributed by atoms with Crippen molar-refractivity contribution in [1.29, 1.82) is 0 Å². The Bertz CT molecular complexity index is 695. The second-order valence-corrected chi connectivity index (χ2v) is 5.76. The van der Waals surface area contributed by atoms with Gasteiger partial charge in [-0.15, -0.1) is 0 Å². The van der Waals surface area contributed by atoms with E-state index in [0.717, 1.165) is 18.7 Å². The number of carbonyl (C=O) groups is 1. The van der Waals surface area contributed by atoms with Gasteiger partial charge in [-0.1, -0.05) is 44.2 Å². The van der Waals surface area contributed by atoms with Gasteiger partial charge in [0.25, 0.3) is 0 Å². The summed E-state index contributed by atoms with van der Waals surface area (Å²) in [6.45, 7) is 6.85. The van der Waals surface area contributed by atoms with Crippen LogP contribution in [-0.2, 0) is 0 Å². The summed E-state index contributed by atoms with van der Waals surface area (Å²) in [5.74, 6) is 1.44. The third-order valence-corrected chi connectivity index (χ3v) is 4.37. The van der Waals surface area contributed by atoms with Crippen molar-refractivity contribution in [2.45, 2.75) is 19.9 Å². The van der Waals surface area contributed by atoms with E-state index < -0.39 is 0 Å². The predicted octanol–water partition coefficient (Wildman–Crippen LogP) is 3.72. The second-order valence-electron chi connectivity index (χ2n) is 5.76. The Hall–Kier alpha value is -2.33. The summed E-state index contributed by atoms with van der Waals surface area (Å²) in [4.78, 5) is 15.4. The van der Waals surface area contributed by atoms with Gasteiger partial charge in [0.05, 0.1) is 6.04 Å². The molecule has 1 aliphatic heterocycles. The monoisotopic (exact) mass is 325 g/mol. The molecule has 0 saturated carbocycles. The fraction of sp³-hybridized carbons (Fsp3) is 0.350. The molecule has 1 aliphatic rings. The van der Waals surface area contributed by atoms with E-state index in [1.54, 1.807) is 6.07 Å². The molecule has 1 heterocycles. The molecule has 0 radical (unpaired) electrons. The highest BCUT2D eigenvalue weighted by Gasteiger charge is 2.27. The lowest BCUT2D eigenvalue weighted by Crippen LogP contribution is -2.34. The van der Waals surface area contributed by atoms with Crippen LogP contribution >= 0.6 is 0 Å². The summed E-state index contributed by atoms with van der Waals surface area (Å²) >= 11 is 0. The molecule has 3 rings (SSSR count). The van der Waals surface area contributed by atoms with Gasteiger partial charge in [-0.25, -0.2) is 0 Å². The number of hydrogen-bond donors (Lipinski definition) is 0. The molecule has 4 heteroatoms. The van der Waals surface area contributed by atoms with Gasteiger partial charge in [-0.3, -0.25) is 9.69 Å². The van der Waals surface area contributed by atoms with Crippen LogP contribution in [0, 0.1) is 0 Å². The van der Waals surface area contributed by atoms with Gasteiger partial charge in [-0.05, 0) is 36.9 Å². The first-order chi connectivity index (χ1) is 11.7. The van der Waals surface area contributed by atoms with Crippen LogP contribution in [-0.4, -0.2) is 37.0 Å². The number of benzene rings is 2. The van der Waals surface area contributed by atoms with Crippen LogP contribution in [0.4, 0.5) is 0 Å². The minimum absolute atomic E-state index is 0.0851. The van der Waals surface area contributed by atoms with Gasteiger partial charge >= 0.3 is 0 Å². The highest BCUT2D eigenvalue weighted by atomic mass is 16.6. The lowest BCUT2D eigenvalue weighted by atomic mass is 9.95. The van der Waals surface area contributed by atoms with Crippen LogP contribution in [0.5, 0.6) is 11.5 Å². The minimum atomic E-state index is -0.288. The van der Waals surface area contributed by atoms with Crippen LogP contribution in [0.1, 0.15) is 35.8 Å². The third kappa shape index (κ3) is 3.29. The molecule has 0 spiro atoms. The standard InChI is InChI=1S/C20H23NO3/c1-3-21(4-2)19(15-8-6-5-7-9-15)20(22)16-10-11-17-18(14-16)24-13-12-23-17/h5-11,14,19H,3-4,12-13H2,1-2H3. The van der Waals surface area contributed by atoms with Crippen molar-refractivity contribution in [3.05, 3.63) is 59.7 Å². The van der Waals surface area contributed by atoms with E-state index >= 15 is 0 Å².